The van der Waals surface area contributed by atoms with E-state index in [0.29, 0.717) is 21.9 Å². The average molecular weight is 330 g/mol. The van der Waals surface area contributed by atoms with Crippen LogP contribution in [0.25, 0.3) is 0 Å². The second-order valence-electron chi connectivity index (χ2n) is 4.93. The topological polar surface area (TPSA) is 89.8 Å². The molecule has 0 fully saturated rings. The molecule has 0 aliphatic carbocycles. The van der Waals surface area contributed by atoms with Gasteiger partial charge in [-0.15, -0.1) is 0 Å². The third kappa shape index (κ3) is 4.24. The molecule has 0 bridgehead atoms. The largest absolute Gasteiger partial charge is 0.505 e. The zero-order valence-corrected chi connectivity index (χ0v) is 13.7. The Kier molecular flexibility index (Phi) is 5.61. The highest BCUT2D eigenvalue weighted by atomic mass is 32.1. The second-order valence-corrected chi connectivity index (χ2v) is 5.34. The summed E-state index contributed by atoms with van der Waals surface area (Å²) >= 11 is 5.17. The van der Waals surface area contributed by atoms with Gasteiger partial charge in [0.2, 0.25) is 0 Å². The van der Waals surface area contributed by atoms with Gasteiger partial charge in [-0.1, -0.05) is 18.2 Å². The number of nitrogens with zero attached hydrogens (tertiary/aromatic N) is 2. The summed E-state index contributed by atoms with van der Waals surface area (Å²) in [5.74, 6) is -0.0140. The molecule has 1 heterocycles. The number of aryl methyl sites for hydroxylation is 2. The van der Waals surface area contributed by atoms with Crippen molar-refractivity contribution in [2.45, 2.75) is 20.5 Å². The molecule has 2 aromatic rings. The summed E-state index contributed by atoms with van der Waals surface area (Å²) in [5, 5.41) is 26.7. The summed E-state index contributed by atoms with van der Waals surface area (Å²) in [4.78, 5) is 3.99. The first-order valence-corrected chi connectivity index (χ1v) is 7.37. The van der Waals surface area contributed by atoms with Crippen molar-refractivity contribution in [1.29, 1.82) is 0 Å². The zero-order valence-electron chi connectivity index (χ0n) is 12.9. The van der Waals surface area contributed by atoms with Crippen LogP contribution in [0.5, 0.6) is 5.75 Å². The Morgan fingerprint density at radius 2 is 2.09 bits per heavy atom. The van der Waals surface area contributed by atoms with Gasteiger partial charge in [-0.05, 0) is 37.7 Å². The van der Waals surface area contributed by atoms with Crippen LogP contribution in [0.15, 0.2) is 35.6 Å². The highest BCUT2D eigenvalue weighted by Crippen LogP contribution is 2.21. The van der Waals surface area contributed by atoms with Crippen LogP contribution < -0.4 is 10.7 Å². The van der Waals surface area contributed by atoms with Crippen molar-refractivity contribution >= 4 is 29.2 Å². The molecule has 1 aromatic carbocycles. The van der Waals surface area contributed by atoms with E-state index in [-0.39, 0.29) is 12.4 Å². The van der Waals surface area contributed by atoms with Gasteiger partial charge in [0.05, 0.1) is 18.5 Å². The van der Waals surface area contributed by atoms with Gasteiger partial charge in [-0.2, -0.15) is 5.10 Å². The normalized spacial score (nSPS) is 10.7. The fourth-order valence-corrected chi connectivity index (χ4v) is 2.10. The number of thiocarbonyl (C=S) groups is 1. The Morgan fingerprint density at radius 1 is 1.35 bits per heavy atom. The van der Waals surface area contributed by atoms with E-state index >= 15 is 0 Å². The molecule has 23 heavy (non-hydrogen) atoms. The number of para-hydroxylation sites is 1. The Balaban J connectivity index is 2.06. The molecule has 0 radical (unpaired) electrons. The summed E-state index contributed by atoms with van der Waals surface area (Å²) in [5.41, 5.74) is 5.98. The van der Waals surface area contributed by atoms with Crippen LogP contribution in [0.1, 0.15) is 22.4 Å². The van der Waals surface area contributed by atoms with Gasteiger partial charge >= 0.3 is 0 Å². The number of pyridine rings is 1. The summed E-state index contributed by atoms with van der Waals surface area (Å²) in [7, 11) is 0. The number of benzene rings is 1. The number of aromatic hydroxyl groups is 1. The molecule has 1 aromatic heterocycles. The van der Waals surface area contributed by atoms with Crippen molar-refractivity contribution in [3.05, 3.63) is 52.8 Å². The number of aromatic nitrogens is 1. The van der Waals surface area contributed by atoms with Crippen LogP contribution in [-0.4, -0.2) is 26.5 Å². The number of hydrazone groups is 1. The van der Waals surface area contributed by atoms with Crippen molar-refractivity contribution in [1.82, 2.24) is 10.4 Å². The van der Waals surface area contributed by atoms with Gasteiger partial charge in [0.25, 0.3) is 0 Å². The standard InChI is InChI=1S/C16H18N4O2S/c1-10-5-3-4-6-14(10)19-16(23)20-18-8-13-12(9-21)7-17-11(2)15(13)22/h3-8,21-22H,9H2,1-2H3,(H2,19,20,23)/b18-8+. The Labute approximate surface area is 139 Å². The molecular formula is C16H18N4O2S. The summed E-state index contributed by atoms with van der Waals surface area (Å²) in [6.07, 6.45) is 2.90. The van der Waals surface area contributed by atoms with Crippen molar-refractivity contribution < 1.29 is 10.2 Å². The molecule has 0 amide bonds. The molecule has 7 heteroatoms. The van der Waals surface area contributed by atoms with Gasteiger partial charge < -0.3 is 15.5 Å². The summed E-state index contributed by atoms with van der Waals surface area (Å²) in [6, 6.07) is 7.74. The van der Waals surface area contributed by atoms with E-state index in [4.69, 9.17) is 12.2 Å². The van der Waals surface area contributed by atoms with Crippen LogP contribution in [-0.2, 0) is 6.61 Å². The quantitative estimate of drug-likeness (QED) is 0.390. The summed E-state index contributed by atoms with van der Waals surface area (Å²) in [6.45, 7) is 3.40. The summed E-state index contributed by atoms with van der Waals surface area (Å²) < 4.78 is 0. The lowest BCUT2D eigenvalue weighted by Gasteiger charge is -2.10. The van der Waals surface area contributed by atoms with Crippen LogP contribution in [0.2, 0.25) is 0 Å². The van der Waals surface area contributed by atoms with Gasteiger partial charge in [-0.25, -0.2) is 0 Å². The maximum absolute atomic E-state index is 10.0. The first-order chi connectivity index (χ1) is 11.0. The van der Waals surface area contributed by atoms with Gasteiger partial charge in [0, 0.05) is 23.0 Å². The molecular weight excluding hydrogens is 312 g/mol. The molecule has 0 aliphatic rings. The van der Waals surface area contributed by atoms with Crippen LogP contribution in [0.3, 0.4) is 0 Å². The minimum atomic E-state index is -0.242. The minimum absolute atomic E-state index is 0.0140. The van der Waals surface area contributed by atoms with Gasteiger partial charge in [0.1, 0.15) is 5.75 Å². The third-order valence-electron chi connectivity index (χ3n) is 3.28. The SMILES string of the molecule is Cc1ccccc1NC(=S)N/N=C/c1c(CO)cnc(C)c1O. The van der Waals surface area contributed by atoms with Crippen LogP contribution >= 0.6 is 12.2 Å². The molecule has 0 aliphatic heterocycles. The highest BCUT2D eigenvalue weighted by Gasteiger charge is 2.09. The maximum atomic E-state index is 10.0. The predicted molar refractivity (Wildman–Crippen MR) is 94.7 cm³/mol. The number of hydrogen-bond acceptors (Lipinski definition) is 5. The molecule has 0 atom stereocenters. The number of nitrogens with one attached hydrogen (secondary N) is 2. The number of rotatable bonds is 4. The fraction of sp³-hybridized carbons (Fsp3) is 0.188. The van der Waals surface area contributed by atoms with Crippen molar-refractivity contribution in [2.24, 2.45) is 5.10 Å². The van der Waals surface area contributed by atoms with E-state index in [2.05, 4.69) is 20.8 Å². The lowest BCUT2D eigenvalue weighted by molar-refractivity contribution is 0.280. The smallest absolute Gasteiger partial charge is 0.191 e. The lowest BCUT2D eigenvalue weighted by atomic mass is 10.1. The molecule has 120 valence electrons. The predicted octanol–water partition coefficient (Wildman–Crippen LogP) is 2.22. The fourth-order valence-electron chi connectivity index (χ4n) is 1.94. The molecule has 0 saturated carbocycles. The second kappa shape index (κ2) is 7.66. The monoisotopic (exact) mass is 330 g/mol. The third-order valence-corrected chi connectivity index (χ3v) is 3.47. The van der Waals surface area contributed by atoms with Gasteiger partial charge in [-0.3, -0.25) is 10.4 Å². The van der Waals surface area contributed by atoms with E-state index in [0.717, 1.165) is 11.3 Å². The average Bonchev–Trinajstić information content (AvgIpc) is 2.54. The molecule has 0 spiro atoms. The van der Waals surface area contributed by atoms with Gasteiger partial charge in [0.15, 0.2) is 5.11 Å². The van der Waals surface area contributed by atoms with E-state index in [1.807, 2.05) is 31.2 Å². The molecule has 0 saturated heterocycles. The van der Waals surface area contributed by atoms with Crippen molar-refractivity contribution in [3.8, 4) is 5.75 Å². The Morgan fingerprint density at radius 3 is 2.78 bits per heavy atom. The van der Waals surface area contributed by atoms with Crippen LogP contribution in [0, 0.1) is 13.8 Å². The van der Waals surface area contributed by atoms with E-state index in [9.17, 15) is 10.2 Å². The molecule has 2 rings (SSSR count). The maximum Gasteiger partial charge on any atom is 0.191 e. The highest BCUT2D eigenvalue weighted by molar-refractivity contribution is 7.80. The number of aliphatic hydroxyl groups excluding tert-OH is 1. The Bertz CT molecular complexity index is 747. The Hall–Kier alpha value is -2.51. The van der Waals surface area contributed by atoms with Crippen molar-refractivity contribution in [3.63, 3.8) is 0 Å². The molecule has 0 unspecified atom stereocenters. The van der Waals surface area contributed by atoms with E-state index in [1.54, 1.807) is 6.92 Å². The molecule has 6 nitrogen and oxygen atoms in total. The first kappa shape index (κ1) is 16.9. The first-order valence-electron chi connectivity index (χ1n) is 6.97. The minimum Gasteiger partial charge on any atom is -0.505 e. The number of aliphatic hydroxyl groups is 1. The molecule has 4 N–H and O–H groups in total. The van der Waals surface area contributed by atoms with E-state index in [1.165, 1.54) is 12.4 Å². The zero-order chi connectivity index (χ0) is 16.8. The number of anilines is 1. The lowest BCUT2D eigenvalue weighted by Crippen LogP contribution is -2.24. The van der Waals surface area contributed by atoms with E-state index < -0.39 is 0 Å². The van der Waals surface area contributed by atoms with Crippen molar-refractivity contribution in [2.75, 3.05) is 5.32 Å². The number of hydrogen-bond donors (Lipinski definition) is 4. The van der Waals surface area contributed by atoms with Crippen LogP contribution in [0.4, 0.5) is 5.69 Å².